The molecule has 0 aromatic carbocycles. The first kappa shape index (κ1) is 15.3. The summed E-state index contributed by atoms with van der Waals surface area (Å²) in [5.41, 5.74) is 3.07. The maximum absolute atomic E-state index is 9.75. The lowest BCUT2D eigenvalue weighted by Crippen LogP contribution is -2.30. The number of unbranched alkanes of at least 4 members (excludes halogenated alkanes) is 1. The maximum atomic E-state index is 9.75. The second-order valence-corrected chi connectivity index (χ2v) is 11.1. The Hall–Kier alpha value is 0.317. The quantitative estimate of drug-likeness (QED) is 0.469. The third-order valence-corrected chi connectivity index (χ3v) is 3.53. The summed E-state index contributed by atoms with van der Waals surface area (Å²) in [7, 11) is -1.47. The van der Waals surface area contributed by atoms with Crippen LogP contribution in [-0.4, -0.2) is 23.6 Å². The Balaban J connectivity index is 4.40. The summed E-state index contributed by atoms with van der Waals surface area (Å²) in [6, 6.07) is 0. The molecule has 0 saturated carbocycles. The van der Waals surface area contributed by atoms with Crippen molar-refractivity contribution in [1.82, 2.24) is 0 Å². The zero-order chi connectivity index (χ0) is 12.1. The predicted octanol–water partition coefficient (Wildman–Crippen LogP) is 3.59. The SMILES string of the molecule is CCCCC(Cl)(Cl)[C@H](O)C#C[Si](C)(C)C. The van der Waals surface area contributed by atoms with Crippen LogP contribution in [0.25, 0.3) is 0 Å². The van der Waals surface area contributed by atoms with E-state index in [0.717, 1.165) is 12.8 Å². The van der Waals surface area contributed by atoms with Crippen molar-refractivity contribution in [1.29, 1.82) is 0 Å². The van der Waals surface area contributed by atoms with Gasteiger partial charge < -0.3 is 5.11 Å². The highest BCUT2D eigenvalue weighted by molar-refractivity contribution is 6.83. The summed E-state index contributed by atoms with van der Waals surface area (Å²) in [6.07, 6.45) is 1.54. The highest BCUT2D eigenvalue weighted by Gasteiger charge is 2.31. The van der Waals surface area contributed by atoms with Crippen molar-refractivity contribution in [2.75, 3.05) is 0 Å². The average Bonchev–Trinajstić information content (AvgIpc) is 2.09. The summed E-state index contributed by atoms with van der Waals surface area (Å²) < 4.78 is -1.12. The first-order valence-corrected chi connectivity index (χ1v) is 9.53. The molecule has 1 nitrogen and oxygen atoms in total. The molecule has 0 aromatic heterocycles. The molecule has 1 N–H and O–H groups in total. The van der Waals surface area contributed by atoms with Gasteiger partial charge in [-0.25, -0.2) is 0 Å². The van der Waals surface area contributed by atoms with Gasteiger partial charge in [0.1, 0.15) is 14.2 Å². The van der Waals surface area contributed by atoms with Crippen LogP contribution in [0.5, 0.6) is 0 Å². The summed E-state index contributed by atoms with van der Waals surface area (Å²) in [4.78, 5) is 0. The number of halogens is 2. The number of alkyl halides is 2. The minimum absolute atomic E-state index is 0.578. The van der Waals surface area contributed by atoms with Crippen molar-refractivity contribution in [2.24, 2.45) is 0 Å². The fourth-order valence-electron chi connectivity index (χ4n) is 0.940. The fraction of sp³-hybridized carbons (Fsp3) is 0.818. The van der Waals surface area contributed by atoms with Crippen LogP contribution in [0, 0.1) is 11.5 Å². The van der Waals surface area contributed by atoms with E-state index < -0.39 is 18.5 Å². The van der Waals surface area contributed by atoms with Crippen molar-refractivity contribution in [3.63, 3.8) is 0 Å². The minimum atomic E-state index is -1.47. The molecule has 0 unspecified atom stereocenters. The van der Waals surface area contributed by atoms with Crippen molar-refractivity contribution >= 4 is 31.3 Å². The molecule has 0 amide bonds. The number of hydrogen-bond acceptors (Lipinski definition) is 1. The van der Waals surface area contributed by atoms with Crippen LogP contribution in [0.3, 0.4) is 0 Å². The van der Waals surface area contributed by atoms with Crippen LogP contribution in [-0.2, 0) is 0 Å². The molecule has 0 aliphatic carbocycles. The van der Waals surface area contributed by atoms with Crippen LogP contribution in [0.2, 0.25) is 19.6 Å². The molecule has 1 atom stereocenters. The summed E-state index contributed by atoms with van der Waals surface area (Å²) in [5, 5.41) is 9.75. The monoisotopic (exact) mass is 266 g/mol. The minimum Gasteiger partial charge on any atom is -0.377 e. The van der Waals surface area contributed by atoms with Crippen molar-refractivity contribution < 1.29 is 5.11 Å². The van der Waals surface area contributed by atoms with E-state index in [-0.39, 0.29) is 0 Å². The normalized spacial score (nSPS) is 14.3. The zero-order valence-electron chi connectivity index (χ0n) is 9.90. The average molecular weight is 267 g/mol. The van der Waals surface area contributed by atoms with Crippen LogP contribution in [0.4, 0.5) is 0 Å². The van der Waals surface area contributed by atoms with Crippen LogP contribution >= 0.6 is 23.2 Å². The molecule has 0 heterocycles. The number of aliphatic hydroxyl groups is 1. The van der Waals surface area contributed by atoms with E-state index in [1.54, 1.807) is 0 Å². The van der Waals surface area contributed by atoms with Gasteiger partial charge in [-0.15, -0.1) is 5.54 Å². The Morgan fingerprint density at radius 3 is 2.27 bits per heavy atom. The standard InChI is InChI=1S/C11H20Cl2OSi/c1-5-6-8-11(12,13)10(14)7-9-15(2,3)4/h10,14H,5-6,8H2,1-4H3/t10-/m1/s1. The third kappa shape index (κ3) is 7.24. The lowest BCUT2D eigenvalue weighted by molar-refractivity contribution is 0.207. The molecule has 15 heavy (non-hydrogen) atoms. The molecule has 0 aliphatic rings. The van der Waals surface area contributed by atoms with Gasteiger partial charge in [-0.1, -0.05) is 68.5 Å². The first-order chi connectivity index (χ1) is 6.69. The van der Waals surface area contributed by atoms with Crippen LogP contribution in [0.1, 0.15) is 26.2 Å². The van der Waals surface area contributed by atoms with E-state index in [4.69, 9.17) is 23.2 Å². The van der Waals surface area contributed by atoms with E-state index in [2.05, 4.69) is 38.0 Å². The second-order valence-electron chi connectivity index (χ2n) is 4.79. The number of rotatable bonds is 4. The van der Waals surface area contributed by atoms with Gasteiger partial charge in [-0.05, 0) is 6.42 Å². The van der Waals surface area contributed by atoms with Gasteiger partial charge >= 0.3 is 0 Å². The zero-order valence-corrected chi connectivity index (χ0v) is 12.4. The molecule has 0 aromatic rings. The van der Waals surface area contributed by atoms with E-state index in [9.17, 15) is 5.11 Å². The molecule has 0 fully saturated rings. The molecule has 0 saturated heterocycles. The predicted molar refractivity (Wildman–Crippen MR) is 71.1 cm³/mol. The lowest BCUT2D eigenvalue weighted by Gasteiger charge is -2.21. The number of hydrogen-bond donors (Lipinski definition) is 1. The van der Waals surface area contributed by atoms with E-state index in [0.29, 0.717) is 6.42 Å². The Morgan fingerprint density at radius 1 is 1.33 bits per heavy atom. The molecule has 88 valence electrons. The molecule has 0 rings (SSSR count). The van der Waals surface area contributed by atoms with Gasteiger partial charge in [0.15, 0.2) is 4.33 Å². The molecule has 0 spiro atoms. The molecular formula is C11H20Cl2OSi. The topological polar surface area (TPSA) is 20.2 Å². The highest BCUT2D eigenvalue weighted by atomic mass is 35.5. The van der Waals surface area contributed by atoms with E-state index in [1.165, 1.54) is 0 Å². The highest BCUT2D eigenvalue weighted by Crippen LogP contribution is 2.31. The Kier molecular flexibility index (Phi) is 6.28. The van der Waals surface area contributed by atoms with Crippen LogP contribution in [0.15, 0.2) is 0 Å². The van der Waals surface area contributed by atoms with Gasteiger partial charge in [0, 0.05) is 0 Å². The maximum Gasteiger partial charge on any atom is 0.155 e. The Labute approximate surface area is 104 Å². The van der Waals surface area contributed by atoms with Crippen molar-refractivity contribution in [3.05, 3.63) is 0 Å². The van der Waals surface area contributed by atoms with Gasteiger partial charge in [0.25, 0.3) is 0 Å². The van der Waals surface area contributed by atoms with Gasteiger partial charge in [0.2, 0.25) is 0 Å². The van der Waals surface area contributed by atoms with Gasteiger partial charge in [-0.2, -0.15) is 0 Å². The number of aliphatic hydroxyl groups excluding tert-OH is 1. The molecule has 0 radical (unpaired) electrons. The summed E-state index contributed by atoms with van der Waals surface area (Å²) in [5.74, 6) is 2.78. The van der Waals surface area contributed by atoms with E-state index in [1.807, 2.05) is 0 Å². The second kappa shape index (κ2) is 6.15. The molecule has 0 aliphatic heterocycles. The lowest BCUT2D eigenvalue weighted by atomic mass is 10.1. The molecule has 0 bridgehead atoms. The van der Waals surface area contributed by atoms with Gasteiger partial charge in [-0.3, -0.25) is 0 Å². The van der Waals surface area contributed by atoms with Crippen molar-refractivity contribution in [2.45, 2.75) is 56.3 Å². The molecular weight excluding hydrogens is 247 g/mol. The van der Waals surface area contributed by atoms with Crippen LogP contribution < -0.4 is 0 Å². The van der Waals surface area contributed by atoms with E-state index >= 15 is 0 Å². The summed E-state index contributed by atoms with van der Waals surface area (Å²) >= 11 is 12.0. The van der Waals surface area contributed by atoms with Gasteiger partial charge in [0.05, 0.1) is 0 Å². The fourth-order valence-corrected chi connectivity index (χ4v) is 1.89. The largest absolute Gasteiger partial charge is 0.377 e. The smallest absolute Gasteiger partial charge is 0.155 e. The summed E-state index contributed by atoms with van der Waals surface area (Å²) in [6.45, 7) is 8.40. The third-order valence-electron chi connectivity index (χ3n) is 1.85. The molecule has 4 heteroatoms. The first-order valence-electron chi connectivity index (χ1n) is 5.27. The Morgan fingerprint density at radius 2 is 1.87 bits per heavy atom. The Bertz CT molecular complexity index is 248. The van der Waals surface area contributed by atoms with Crippen molar-refractivity contribution in [3.8, 4) is 11.5 Å².